The molecule has 45 heavy (non-hydrogen) atoms. The zero-order valence-corrected chi connectivity index (χ0v) is 26.5. The highest BCUT2D eigenvalue weighted by Gasteiger charge is 2.44. The molecule has 2 N–H and O–H groups in total. The molecular weight excluding hydrogens is 664 g/mol. The van der Waals surface area contributed by atoms with Crippen LogP contribution < -0.4 is 10.6 Å². The van der Waals surface area contributed by atoms with Crippen molar-refractivity contribution >= 4 is 43.7 Å². The lowest BCUT2D eigenvalue weighted by Crippen LogP contribution is -2.60. The van der Waals surface area contributed by atoms with Crippen LogP contribution in [0.4, 0.5) is 13.6 Å². The van der Waals surface area contributed by atoms with Gasteiger partial charge in [0.1, 0.15) is 11.8 Å². The minimum Gasteiger partial charge on any atom is -0.451 e. The Kier molecular flexibility index (Phi) is 11.2. The third-order valence-electron chi connectivity index (χ3n) is 7.25. The number of hydrogen-bond donors (Lipinski definition) is 1. The Bertz CT molecular complexity index is 1590. The number of rotatable bonds is 10. The molecule has 2 aliphatic heterocycles. The molecular formula is C26H32ClF2N5O9S2. The molecule has 0 unspecified atom stereocenters. The number of hydrogen-bond acceptors (Lipinski definition) is 11. The van der Waals surface area contributed by atoms with Gasteiger partial charge < -0.3 is 19.2 Å². The van der Waals surface area contributed by atoms with Crippen LogP contribution in [0.25, 0.3) is 0 Å². The number of carbonyl (C=O) groups excluding carboxylic acids is 2. The van der Waals surface area contributed by atoms with Crippen molar-refractivity contribution in [2.24, 2.45) is 5.90 Å². The van der Waals surface area contributed by atoms with Crippen LogP contribution in [0.3, 0.4) is 0 Å². The van der Waals surface area contributed by atoms with Crippen LogP contribution in [-0.4, -0.2) is 118 Å². The molecule has 14 nitrogen and oxygen atoms in total. The van der Waals surface area contributed by atoms with Gasteiger partial charge in [0.25, 0.3) is 0 Å². The van der Waals surface area contributed by atoms with Gasteiger partial charge in [-0.15, -0.1) is 0 Å². The quantitative estimate of drug-likeness (QED) is 0.359. The molecule has 0 aromatic heterocycles. The molecule has 2 saturated heterocycles. The van der Waals surface area contributed by atoms with Gasteiger partial charge in [0.05, 0.1) is 17.3 Å². The van der Waals surface area contributed by atoms with Crippen molar-refractivity contribution in [2.45, 2.75) is 17.9 Å². The Balaban J connectivity index is 1.45. The predicted octanol–water partition coefficient (Wildman–Crippen LogP) is 1.61. The van der Waals surface area contributed by atoms with Crippen molar-refractivity contribution in [2.75, 3.05) is 64.7 Å². The Morgan fingerprint density at radius 2 is 1.60 bits per heavy atom. The summed E-state index contributed by atoms with van der Waals surface area (Å²) >= 11 is 5.80. The molecule has 4 rings (SSSR count). The normalized spacial score (nSPS) is 18.9. The van der Waals surface area contributed by atoms with Crippen molar-refractivity contribution in [3.05, 3.63) is 53.1 Å². The first-order chi connectivity index (χ1) is 21.3. The number of piperazine rings is 2. The largest absolute Gasteiger partial charge is 0.451 e. The first-order valence-corrected chi connectivity index (χ1v) is 17.2. The molecule has 2 aliphatic rings. The van der Waals surface area contributed by atoms with Crippen LogP contribution in [0.1, 0.15) is 6.92 Å². The van der Waals surface area contributed by atoms with E-state index in [1.54, 1.807) is 6.92 Å². The fourth-order valence-electron chi connectivity index (χ4n) is 4.83. The van der Waals surface area contributed by atoms with Gasteiger partial charge in [0.15, 0.2) is 17.4 Å². The zero-order valence-electron chi connectivity index (χ0n) is 24.1. The van der Waals surface area contributed by atoms with Gasteiger partial charge in [-0.05, 0) is 43.3 Å². The zero-order chi connectivity index (χ0) is 32.9. The van der Waals surface area contributed by atoms with Gasteiger partial charge in [0, 0.05) is 57.4 Å². The number of sulfonamides is 2. The second-order valence-corrected chi connectivity index (χ2v) is 14.5. The monoisotopic (exact) mass is 695 g/mol. The minimum absolute atomic E-state index is 0.0369. The highest BCUT2D eigenvalue weighted by Crippen LogP contribution is 2.32. The van der Waals surface area contributed by atoms with E-state index in [9.17, 15) is 35.2 Å². The van der Waals surface area contributed by atoms with Crippen LogP contribution >= 0.6 is 11.6 Å². The summed E-state index contributed by atoms with van der Waals surface area (Å²) in [6.07, 6.45) is -0.442. The Hall–Kier alpha value is -3.13. The molecule has 2 fully saturated rings. The van der Waals surface area contributed by atoms with E-state index in [0.29, 0.717) is 47.6 Å². The maximum atomic E-state index is 14.9. The van der Waals surface area contributed by atoms with Crippen LogP contribution in [0.15, 0.2) is 41.3 Å². The summed E-state index contributed by atoms with van der Waals surface area (Å²) in [5.74, 6) is -0.101. The molecule has 0 spiro atoms. The van der Waals surface area contributed by atoms with Crippen molar-refractivity contribution in [1.29, 1.82) is 0 Å². The highest BCUT2D eigenvalue weighted by molar-refractivity contribution is 7.89. The van der Waals surface area contributed by atoms with Gasteiger partial charge in [-0.1, -0.05) is 11.6 Å². The molecule has 2 heterocycles. The Morgan fingerprint density at radius 3 is 2.18 bits per heavy atom. The molecule has 2 aromatic rings. The predicted molar refractivity (Wildman–Crippen MR) is 156 cm³/mol. The van der Waals surface area contributed by atoms with Crippen molar-refractivity contribution in [3.63, 3.8) is 0 Å². The van der Waals surface area contributed by atoms with Gasteiger partial charge in [-0.2, -0.15) is 14.5 Å². The van der Waals surface area contributed by atoms with E-state index in [4.69, 9.17) is 27.0 Å². The van der Waals surface area contributed by atoms with E-state index >= 15 is 0 Å². The molecule has 0 saturated carbocycles. The fraction of sp³-hybridized carbons (Fsp3) is 0.462. The number of ether oxygens (including phenoxy) is 2. The summed E-state index contributed by atoms with van der Waals surface area (Å²) in [4.78, 5) is 31.3. The number of halogens is 3. The summed E-state index contributed by atoms with van der Waals surface area (Å²) in [5, 5.41) is 0.356. The van der Waals surface area contributed by atoms with Crippen LogP contribution in [0, 0.1) is 11.6 Å². The average Bonchev–Trinajstić information content (AvgIpc) is 3.02. The topological polar surface area (TPSA) is 169 Å². The van der Waals surface area contributed by atoms with E-state index in [2.05, 4.69) is 4.84 Å². The SMILES string of the molecule is CCOC(=O)N1CCN(CCS(=O)(=O)N2CCN(S(=O)(=O)c3cc(F)c(Oc4ccc(Cl)cc4)c(F)c3)[C@@H](C(=O)ON)C2)CC1. The number of benzene rings is 2. The summed E-state index contributed by atoms with van der Waals surface area (Å²) in [6, 6.07) is 4.88. The molecule has 0 aliphatic carbocycles. The molecule has 248 valence electrons. The molecule has 0 bridgehead atoms. The molecule has 1 atom stereocenters. The third kappa shape index (κ3) is 8.18. The smallest absolute Gasteiger partial charge is 0.409 e. The molecule has 1 amide bonds. The van der Waals surface area contributed by atoms with Gasteiger partial charge in [-0.25, -0.2) is 35.2 Å². The second kappa shape index (κ2) is 14.5. The standard InChI is InChI=1S/C26H32ClF2N5O9S2/c1-2-41-26(36)32-9-7-31(8-10-32)13-14-44(37,38)33-11-12-34(23(17-33)25(35)43-30)45(39,40)20-15-21(28)24(22(29)16-20)42-19-5-3-18(27)4-6-19/h3-6,15-16,23H,2,7-14,17,30H2,1H3/t23-/m1/s1. The number of carbonyl (C=O) groups is 2. The lowest BCUT2D eigenvalue weighted by Gasteiger charge is -2.38. The minimum atomic E-state index is -4.77. The lowest BCUT2D eigenvalue weighted by atomic mass is 10.2. The van der Waals surface area contributed by atoms with E-state index in [0.717, 1.165) is 4.31 Å². The Morgan fingerprint density at radius 1 is 0.978 bits per heavy atom. The summed E-state index contributed by atoms with van der Waals surface area (Å²) in [5.41, 5.74) is 0. The third-order valence-corrected chi connectivity index (χ3v) is 11.2. The summed E-state index contributed by atoms with van der Waals surface area (Å²) in [6.45, 7) is 2.07. The maximum absolute atomic E-state index is 14.9. The fourth-order valence-corrected chi connectivity index (χ4v) is 8.02. The number of amides is 1. The molecule has 0 radical (unpaired) electrons. The van der Waals surface area contributed by atoms with Crippen LogP contribution in [0.5, 0.6) is 11.5 Å². The van der Waals surface area contributed by atoms with Gasteiger partial charge >= 0.3 is 12.1 Å². The Labute approximate surface area is 264 Å². The number of nitrogens with zero attached hydrogens (tertiary/aromatic N) is 4. The van der Waals surface area contributed by atoms with Gasteiger partial charge in [0.2, 0.25) is 20.0 Å². The lowest BCUT2D eigenvalue weighted by molar-refractivity contribution is -0.150. The average molecular weight is 696 g/mol. The summed E-state index contributed by atoms with van der Waals surface area (Å²) < 4.78 is 95.1. The van der Waals surface area contributed by atoms with Crippen LogP contribution in [-0.2, 0) is 34.4 Å². The maximum Gasteiger partial charge on any atom is 0.409 e. The van der Waals surface area contributed by atoms with E-state index < -0.39 is 73.5 Å². The first kappa shape index (κ1) is 34.7. The molecule has 19 heteroatoms. The summed E-state index contributed by atoms with van der Waals surface area (Å²) in [7, 11) is -8.78. The first-order valence-electron chi connectivity index (χ1n) is 13.7. The highest BCUT2D eigenvalue weighted by atomic mass is 35.5. The van der Waals surface area contributed by atoms with Crippen LogP contribution in [0.2, 0.25) is 5.02 Å². The van der Waals surface area contributed by atoms with E-state index in [1.807, 2.05) is 4.90 Å². The number of nitrogens with two attached hydrogens (primary N) is 1. The van der Waals surface area contributed by atoms with Crippen molar-refractivity contribution < 1.29 is 49.5 Å². The second-order valence-electron chi connectivity index (χ2n) is 10.0. The molecule has 2 aromatic carbocycles. The van der Waals surface area contributed by atoms with Crippen molar-refractivity contribution in [1.82, 2.24) is 18.4 Å². The van der Waals surface area contributed by atoms with Gasteiger partial charge in [-0.3, -0.25) is 4.90 Å². The van der Waals surface area contributed by atoms with E-state index in [1.165, 1.54) is 29.2 Å². The van der Waals surface area contributed by atoms with E-state index in [-0.39, 0.29) is 31.2 Å². The van der Waals surface area contributed by atoms with Crippen molar-refractivity contribution in [3.8, 4) is 11.5 Å².